The molecular weight excluding hydrogens is 282 g/mol. The lowest BCUT2D eigenvalue weighted by Crippen LogP contribution is -2.22. The second kappa shape index (κ2) is 6.91. The molecular formula is C16H15N3OS. The van der Waals surface area contributed by atoms with Gasteiger partial charge in [-0.15, -0.1) is 11.8 Å². The molecule has 0 saturated heterocycles. The number of aromatic nitrogens is 1. The van der Waals surface area contributed by atoms with Gasteiger partial charge in [0.2, 0.25) is 0 Å². The van der Waals surface area contributed by atoms with Crippen LogP contribution in [0, 0.1) is 11.3 Å². The van der Waals surface area contributed by atoms with Crippen molar-refractivity contribution >= 4 is 17.7 Å². The minimum atomic E-state index is -0.0702. The minimum Gasteiger partial charge on any atom is -0.345 e. The average molecular weight is 297 g/mol. The van der Waals surface area contributed by atoms with Crippen molar-refractivity contribution < 1.29 is 4.79 Å². The van der Waals surface area contributed by atoms with Gasteiger partial charge in [0.05, 0.1) is 17.2 Å². The fourth-order valence-corrected chi connectivity index (χ4v) is 2.80. The minimum absolute atomic E-state index is 0.0702. The molecule has 2 rings (SSSR count). The van der Waals surface area contributed by atoms with Gasteiger partial charge in [-0.05, 0) is 23.8 Å². The molecule has 4 nitrogen and oxygen atoms in total. The van der Waals surface area contributed by atoms with Crippen LogP contribution in [0.5, 0.6) is 0 Å². The van der Waals surface area contributed by atoms with Crippen molar-refractivity contribution in [3.63, 3.8) is 0 Å². The third-order valence-corrected chi connectivity index (χ3v) is 3.96. The highest BCUT2D eigenvalue weighted by atomic mass is 32.2. The Bertz CT molecular complexity index is 692. The first kappa shape index (κ1) is 15.1. The molecule has 5 heteroatoms. The van der Waals surface area contributed by atoms with E-state index in [0.717, 1.165) is 5.56 Å². The van der Waals surface area contributed by atoms with Crippen LogP contribution in [0.4, 0.5) is 0 Å². The highest BCUT2D eigenvalue weighted by molar-refractivity contribution is 7.98. The monoisotopic (exact) mass is 297 g/mol. The van der Waals surface area contributed by atoms with E-state index in [0.29, 0.717) is 21.9 Å². The van der Waals surface area contributed by atoms with Crippen LogP contribution in [0.15, 0.2) is 47.6 Å². The van der Waals surface area contributed by atoms with E-state index in [2.05, 4.69) is 11.1 Å². The zero-order valence-electron chi connectivity index (χ0n) is 11.9. The number of benzene rings is 1. The number of rotatable bonds is 4. The van der Waals surface area contributed by atoms with Crippen LogP contribution in [0.2, 0.25) is 0 Å². The number of thioether (sulfide) groups is 1. The van der Waals surface area contributed by atoms with Gasteiger partial charge in [-0.25, -0.2) is 4.98 Å². The van der Waals surface area contributed by atoms with E-state index in [1.165, 1.54) is 16.7 Å². The highest BCUT2D eigenvalue weighted by Crippen LogP contribution is 2.26. The van der Waals surface area contributed by atoms with Gasteiger partial charge in [-0.1, -0.05) is 18.2 Å². The Hall–Kier alpha value is -2.32. The van der Waals surface area contributed by atoms with Gasteiger partial charge in [0, 0.05) is 26.0 Å². The lowest BCUT2D eigenvalue weighted by molar-refractivity contribution is 0.0823. The number of nitrogens with zero attached hydrogens (tertiary/aromatic N) is 3. The molecule has 2 aromatic rings. The van der Waals surface area contributed by atoms with Gasteiger partial charge < -0.3 is 4.90 Å². The summed E-state index contributed by atoms with van der Waals surface area (Å²) in [6.07, 6.45) is 1.67. The van der Waals surface area contributed by atoms with Crippen molar-refractivity contribution in [1.29, 1.82) is 5.26 Å². The molecule has 0 aliphatic carbocycles. The van der Waals surface area contributed by atoms with Crippen LogP contribution in [0.3, 0.4) is 0 Å². The Morgan fingerprint density at radius 2 is 2.05 bits per heavy atom. The predicted molar refractivity (Wildman–Crippen MR) is 83.0 cm³/mol. The molecule has 0 fully saturated rings. The van der Waals surface area contributed by atoms with Crippen molar-refractivity contribution in [1.82, 2.24) is 9.88 Å². The van der Waals surface area contributed by atoms with Gasteiger partial charge in [0.1, 0.15) is 5.03 Å². The van der Waals surface area contributed by atoms with Gasteiger partial charge in [-0.3, -0.25) is 4.79 Å². The first-order chi connectivity index (χ1) is 10.1. The topological polar surface area (TPSA) is 57.0 Å². The standard InChI is InChI=1S/C16H15N3OS/c1-19(2)16(20)14-8-5-9-18-15(14)21-11-13-7-4-3-6-12(13)10-17/h3-9H,11H2,1-2H3. The third kappa shape index (κ3) is 3.61. The lowest BCUT2D eigenvalue weighted by atomic mass is 10.1. The van der Waals surface area contributed by atoms with Gasteiger partial charge in [0.15, 0.2) is 0 Å². The van der Waals surface area contributed by atoms with Gasteiger partial charge in [-0.2, -0.15) is 5.26 Å². The fraction of sp³-hybridized carbons (Fsp3) is 0.188. The summed E-state index contributed by atoms with van der Waals surface area (Å²) in [6.45, 7) is 0. The Morgan fingerprint density at radius 1 is 1.29 bits per heavy atom. The molecule has 0 atom stereocenters. The van der Waals surface area contributed by atoms with Gasteiger partial charge in [0.25, 0.3) is 5.91 Å². The summed E-state index contributed by atoms with van der Waals surface area (Å²) in [4.78, 5) is 17.9. The number of carbonyl (C=O) groups is 1. The molecule has 0 unspecified atom stereocenters. The van der Waals surface area contributed by atoms with E-state index in [-0.39, 0.29) is 5.91 Å². The van der Waals surface area contributed by atoms with Crippen LogP contribution in [0.1, 0.15) is 21.5 Å². The Morgan fingerprint density at radius 3 is 2.76 bits per heavy atom. The van der Waals surface area contributed by atoms with Crippen LogP contribution in [-0.2, 0) is 5.75 Å². The molecule has 1 aromatic heterocycles. The zero-order valence-corrected chi connectivity index (χ0v) is 12.7. The Labute approximate surface area is 128 Å². The molecule has 1 heterocycles. The first-order valence-corrected chi connectivity index (χ1v) is 7.39. The average Bonchev–Trinajstić information content (AvgIpc) is 2.52. The van der Waals surface area contributed by atoms with Crippen molar-refractivity contribution in [2.45, 2.75) is 10.8 Å². The number of nitriles is 1. The molecule has 0 spiro atoms. The summed E-state index contributed by atoms with van der Waals surface area (Å²) in [5.41, 5.74) is 2.18. The van der Waals surface area contributed by atoms with E-state index in [9.17, 15) is 4.79 Å². The van der Waals surface area contributed by atoms with Gasteiger partial charge >= 0.3 is 0 Å². The van der Waals surface area contributed by atoms with E-state index >= 15 is 0 Å². The summed E-state index contributed by atoms with van der Waals surface area (Å²) < 4.78 is 0. The third-order valence-electron chi connectivity index (χ3n) is 2.91. The Balaban J connectivity index is 2.21. The van der Waals surface area contributed by atoms with E-state index in [1.54, 1.807) is 38.5 Å². The molecule has 0 aliphatic rings. The summed E-state index contributed by atoms with van der Waals surface area (Å²) in [5.74, 6) is 0.535. The molecule has 1 aromatic carbocycles. The summed E-state index contributed by atoms with van der Waals surface area (Å²) >= 11 is 1.47. The molecule has 0 radical (unpaired) electrons. The molecule has 0 N–H and O–H groups in total. The number of carbonyl (C=O) groups excluding carboxylic acids is 1. The number of hydrogen-bond donors (Lipinski definition) is 0. The quantitative estimate of drug-likeness (QED) is 0.814. The van der Waals surface area contributed by atoms with Crippen LogP contribution in [-0.4, -0.2) is 29.9 Å². The largest absolute Gasteiger partial charge is 0.345 e. The van der Waals surface area contributed by atoms with Crippen LogP contribution in [0.25, 0.3) is 0 Å². The molecule has 1 amide bonds. The molecule has 21 heavy (non-hydrogen) atoms. The van der Waals surface area contributed by atoms with E-state index < -0.39 is 0 Å². The first-order valence-electron chi connectivity index (χ1n) is 6.41. The van der Waals surface area contributed by atoms with E-state index in [1.807, 2.05) is 18.2 Å². The van der Waals surface area contributed by atoms with Crippen molar-refractivity contribution in [3.05, 3.63) is 59.3 Å². The summed E-state index contributed by atoms with van der Waals surface area (Å²) in [5, 5.41) is 9.78. The summed E-state index contributed by atoms with van der Waals surface area (Å²) in [6, 6.07) is 13.2. The summed E-state index contributed by atoms with van der Waals surface area (Å²) in [7, 11) is 3.43. The lowest BCUT2D eigenvalue weighted by Gasteiger charge is -2.13. The second-order valence-corrected chi connectivity index (χ2v) is 5.58. The molecule has 106 valence electrons. The van der Waals surface area contributed by atoms with Crippen molar-refractivity contribution in [2.75, 3.05) is 14.1 Å². The smallest absolute Gasteiger partial charge is 0.256 e. The zero-order chi connectivity index (χ0) is 15.2. The maximum Gasteiger partial charge on any atom is 0.256 e. The van der Waals surface area contributed by atoms with E-state index in [4.69, 9.17) is 5.26 Å². The maximum atomic E-state index is 12.1. The number of hydrogen-bond acceptors (Lipinski definition) is 4. The molecule has 0 bridgehead atoms. The maximum absolute atomic E-state index is 12.1. The van der Waals surface area contributed by atoms with Crippen LogP contribution >= 0.6 is 11.8 Å². The van der Waals surface area contributed by atoms with Crippen molar-refractivity contribution in [2.24, 2.45) is 0 Å². The normalized spacial score (nSPS) is 9.95. The highest BCUT2D eigenvalue weighted by Gasteiger charge is 2.14. The molecule has 0 saturated carbocycles. The second-order valence-electron chi connectivity index (χ2n) is 4.61. The molecule has 0 aliphatic heterocycles. The SMILES string of the molecule is CN(C)C(=O)c1cccnc1SCc1ccccc1C#N. The van der Waals surface area contributed by atoms with Crippen molar-refractivity contribution in [3.8, 4) is 6.07 Å². The number of amides is 1. The Kier molecular flexibility index (Phi) is 4.96. The number of pyridine rings is 1. The predicted octanol–water partition coefficient (Wildman–Crippen LogP) is 2.95. The fourth-order valence-electron chi connectivity index (χ4n) is 1.81. The van der Waals surface area contributed by atoms with Crippen LogP contribution < -0.4 is 0 Å².